The van der Waals surface area contributed by atoms with Crippen molar-refractivity contribution in [3.05, 3.63) is 51.8 Å². The number of likely N-dealkylation sites (tertiary alicyclic amines) is 1. The molecule has 0 saturated carbocycles. The minimum atomic E-state index is -0.954. The molecule has 2 aromatic rings. The summed E-state index contributed by atoms with van der Waals surface area (Å²) in [5.41, 5.74) is 0.268. The van der Waals surface area contributed by atoms with Gasteiger partial charge in [-0.3, -0.25) is 10.1 Å². The third-order valence-electron chi connectivity index (χ3n) is 4.40. The van der Waals surface area contributed by atoms with Crippen LogP contribution in [0.25, 0.3) is 0 Å². The second kappa shape index (κ2) is 7.73. The van der Waals surface area contributed by atoms with Crippen LogP contribution < -0.4 is 15.6 Å². The van der Waals surface area contributed by atoms with E-state index >= 15 is 0 Å². The van der Waals surface area contributed by atoms with Crippen molar-refractivity contribution in [2.75, 3.05) is 18.4 Å². The normalized spacial score (nSPS) is 14.9. The number of hydrogen-bond acceptors (Lipinski definition) is 4. The lowest BCUT2D eigenvalue weighted by molar-refractivity contribution is 0.115. The fourth-order valence-corrected chi connectivity index (χ4v) is 2.93. The largest absolute Gasteiger partial charge is 0.490 e. The minimum Gasteiger partial charge on any atom is -0.490 e. The van der Waals surface area contributed by atoms with Crippen molar-refractivity contribution in [2.45, 2.75) is 25.9 Å². The van der Waals surface area contributed by atoms with Gasteiger partial charge in [-0.25, -0.2) is 18.3 Å². The number of rotatable bonds is 3. The molecular formula is C18H20F2N4O3. The van der Waals surface area contributed by atoms with Crippen molar-refractivity contribution >= 4 is 11.8 Å². The van der Waals surface area contributed by atoms with E-state index in [4.69, 9.17) is 4.74 Å². The van der Waals surface area contributed by atoms with Gasteiger partial charge in [0.15, 0.2) is 17.5 Å². The van der Waals surface area contributed by atoms with Crippen LogP contribution in [-0.2, 0) is 7.05 Å². The van der Waals surface area contributed by atoms with Crippen molar-refractivity contribution in [3.8, 4) is 5.75 Å². The Hall–Kier alpha value is -2.97. The Balaban J connectivity index is 1.54. The number of anilines is 1. The summed E-state index contributed by atoms with van der Waals surface area (Å²) in [6.45, 7) is 2.55. The number of nitrogens with one attached hydrogen (secondary N) is 1. The van der Waals surface area contributed by atoms with Crippen LogP contribution >= 0.6 is 0 Å². The van der Waals surface area contributed by atoms with Gasteiger partial charge in [-0.15, -0.1) is 0 Å². The van der Waals surface area contributed by atoms with Crippen LogP contribution in [0.5, 0.6) is 5.75 Å². The summed E-state index contributed by atoms with van der Waals surface area (Å²) in [5, 5.41) is 6.69. The van der Waals surface area contributed by atoms with Gasteiger partial charge in [0.2, 0.25) is 0 Å². The summed E-state index contributed by atoms with van der Waals surface area (Å²) >= 11 is 0. The first-order valence-corrected chi connectivity index (χ1v) is 8.56. The van der Waals surface area contributed by atoms with E-state index < -0.39 is 11.6 Å². The molecule has 3 rings (SSSR count). The van der Waals surface area contributed by atoms with Crippen LogP contribution in [0.4, 0.5) is 19.4 Å². The van der Waals surface area contributed by atoms with E-state index in [2.05, 4.69) is 10.4 Å². The van der Waals surface area contributed by atoms with Gasteiger partial charge in [0.05, 0.1) is 0 Å². The molecule has 0 spiro atoms. The number of piperidine rings is 1. The van der Waals surface area contributed by atoms with Crippen LogP contribution in [0.3, 0.4) is 0 Å². The second-order valence-electron chi connectivity index (χ2n) is 6.45. The number of urea groups is 1. The molecule has 0 aliphatic carbocycles. The predicted molar refractivity (Wildman–Crippen MR) is 94.8 cm³/mol. The van der Waals surface area contributed by atoms with E-state index in [-0.39, 0.29) is 23.4 Å². The minimum absolute atomic E-state index is 0.183. The molecule has 27 heavy (non-hydrogen) atoms. The zero-order valence-corrected chi connectivity index (χ0v) is 15.0. The first-order chi connectivity index (χ1) is 12.8. The average Bonchev–Trinajstić information content (AvgIpc) is 2.63. The number of hydrogen-bond donors (Lipinski definition) is 1. The van der Waals surface area contributed by atoms with Gasteiger partial charge in [-0.1, -0.05) is 0 Å². The highest BCUT2D eigenvalue weighted by molar-refractivity contribution is 5.88. The van der Waals surface area contributed by atoms with Crippen molar-refractivity contribution < 1.29 is 18.3 Å². The van der Waals surface area contributed by atoms with E-state index in [1.54, 1.807) is 11.8 Å². The summed E-state index contributed by atoms with van der Waals surface area (Å²) in [4.78, 5) is 25.6. The molecule has 2 heterocycles. The molecule has 1 aromatic carbocycles. The van der Waals surface area contributed by atoms with Crippen molar-refractivity contribution in [3.63, 3.8) is 0 Å². The molecule has 1 saturated heterocycles. The Bertz CT molecular complexity index is 882. The maximum absolute atomic E-state index is 13.2. The summed E-state index contributed by atoms with van der Waals surface area (Å²) in [6.07, 6.45) is 0.940. The van der Waals surface area contributed by atoms with Crippen LogP contribution in [0.15, 0.2) is 29.1 Å². The lowest BCUT2D eigenvalue weighted by Gasteiger charge is -2.32. The van der Waals surface area contributed by atoms with Crippen LogP contribution in [-0.4, -0.2) is 39.9 Å². The lowest BCUT2D eigenvalue weighted by Crippen LogP contribution is -2.44. The van der Waals surface area contributed by atoms with Gasteiger partial charge in [0.1, 0.15) is 11.9 Å². The topological polar surface area (TPSA) is 76.5 Å². The summed E-state index contributed by atoms with van der Waals surface area (Å²) in [7, 11) is 1.52. The molecular weight excluding hydrogens is 358 g/mol. The van der Waals surface area contributed by atoms with E-state index in [0.29, 0.717) is 37.3 Å². The molecule has 9 heteroatoms. The van der Waals surface area contributed by atoms with E-state index in [0.717, 1.165) is 12.1 Å². The van der Waals surface area contributed by atoms with Crippen LogP contribution in [0.1, 0.15) is 18.4 Å². The number of halogens is 2. The number of aromatic nitrogens is 2. The molecule has 7 nitrogen and oxygen atoms in total. The maximum Gasteiger partial charge on any atom is 0.323 e. The number of ether oxygens (including phenoxy) is 1. The Morgan fingerprint density at radius 1 is 1.22 bits per heavy atom. The van der Waals surface area contributed by atoms with E-state index in [9.17, 15) is 18.4 Å². The summed E-state index contributed by atoms with van der Waals surface area (Å²) in [5.74, 6) is -1.30. The fourth-order valence-electron chi connectivity index (χ4n) is 2.93. The average molecular weight is 378 g/mol. The molecule has 0 atom stereocenters. The first kappa shape index (κ1) is 18.8. The Kier molecular flexibility index (Phi) is 5.38. The zero-order valence-electron chi connectivity index (χ0n) is 15.0. The van der Waals surface area contributed by atoms with E-state index in [1.807, 2.05) is 0 Å². The van der Waals surface area contributed by atoms with Crippen LogP contribution in [0.2, 0.25) is 0 Å². The second-order valence-corrected chi connectivity index (χ2v) is 6.45. The highest BCUT2D eigenvalue weighted by Crippen LogP contribution is 2.21. The molecule has 144 valence electrons. The third-order valence-corrected chi connectivity index (χ3v) is 4.40. The third kappa shape index (κ3) is 4.42. The van der Waals surface area contributed by atoms with Gasteiger partial charge in [0, 0.05) is 44.6 Å². The molecule has 1 aliphatic heterocycles. The van der Waals surface area contributed by atoms with Gasteiger partial charge >= 0.3 is 6.03 Å². The van der Waals surface area contributed by atoms with Crippen molar-refractivity contribution in [2.24, 2.45) is 7.05 Å². The van der Waals surface area contributed by atoms with Gasteiger partial charge in [0.25, 0.3) is 5.56 Å². The Morgan fingerprint density at radius 2 is 1.93 bits per heavy atom. The van der Waals surface area contributed by atoms with Crippen molar-refractivity contribution in [1.29, 1.82) is 0 Å². The van der Waals surface area contributed by atoms with Gasteiger partial charge in [-0.2, -0.15) is 5.10 Å². The standard InChI is InChI=1S/C18H20F2N4O3/c1-11-9-16(22-23(2)17(11)25)21-18(26)24-7-5-12(6-8-24)27-13-3-4-14(19)15(20)10-13/h3-4,9-10,12H,5-8H2,1-2H3,(H,21,22,26). The summed E-state index contributed by atoms with van der Waals surface area (Å²) < 4.78 is 33.0. The Labute approximate surface area is 154 Å². The van der Waals surface area contributed by atoms with E-state index in [1.165, 1.54) is 23.9 Å². The van der Waals surface area contributed by atoms with Gasteiger partial charge in [-0.05, 0) is 25.1 Å². The van der Waals surface area contributed by atoms with Crippen LogP contribution in [0, 0.1) is 18.6 Å². The van der Waals surface area contributed by atoms with Gasteiger partial charge < -0.3 is 9.64 Å². The quantitative estimate of drug-likeness (QED) is 0.890. The number of aryl methyl sites for hydroxylation is 2. The fraction of sp³-hybridized carbons (Fsp3) is 0.389. The SMILES string of the molecule is Cc1cc(NC(=O)N2CCC(Oc3ccc(F)c(F)c3)CC2)nn(C)c1=O. The molecule has 1 aromatic heterocycles. The number of nitrogens with zero attached hydrogens (tertiary/aromatic N) is 3. The molecule has 1 fully saturated rings. The zero-order chi connectivity index (χ0) is 19.6. The number of benzene rings is 1. The number of amides is 2. The van der Waals surface area contributed by atoms with Crippen molar-refractivity contribution in [1.82, 2.24) is 14.7 Å². The monoisotopic (exact) mass is 378 g/mol. The number of carbonyl (C=O) groups excluding carboxylic acids is 1. The predicted octanol–water partition coefficient (Wildman–Crippen LogP) is 2.44. The lowest BCUT2D eigenvalue weighted by atomic mass is 10.1. The smallest absolute Gasteiger partial charge is 0.323 e. The molecule has 0 radical (unpaired) electrons. The molecule has 2 amide bonds. The highest BCUT2D eigenvalue weighted by Gasteiger charge is 2.24. The maximum atomic E-state index is 13.2. The highest BCUT2D eigenvalue weighted by atomic mass is 19.2. The molecule has 1 aliphatic rings. The number of carbonyl (C=O) groups is 1. The first-order valence-electron chi connectivity index (χ1n) is 8.56. The molecule has 0 bridgehead atoms. The molecule has 1 N–H and O–H groups in total. The summed E-state index contributed by atoms with van der Waals surface area (Å²) in [6, 6.07) is 4.63. The molecule has 0 unspecified atom stereocenters. The Morgan fingerprint density at radius 3 is 2.56 bits per heavy atom.